The van der Waals surface area contributed by atoms with Crippen molar-refractivity contribution in [3.8, 4) is 0 Å². The molecule has 2 aromatic rings. The normalized spacial score (nSPS) is 17.0. The highest BCUT2D eigenvalue weighted by molar-refractivity contribution is 9.10. The first kappa shape index (κ1) is 14.8. The van der Waals surface area contributed by atoms with Gasteiger partial charge >= 0.3 is 0 Å². The first-order valence-electron chi connectivity index (χ1n) is 6.43. The number of rotatable bonds is 3. The van der Waals surface area contributed by atoms with Crippen LogP contribution in [0.5, 0.6) is 0 Å². The summed E-state index contributed by atoms with van der Waals surface area (Å²) in [6.07, 6.45) is 0. The van der Waals surface area contributed by atoms with Gasteiger partial charge in [-0.25, -0.2) is 8.78 Å². The minimum atomic E-state index is -2.76. The Morgan fingerprint density at radius 2 is 2.05 bits per heavy atom. The van der Waals surface area contributed by atoms with Gasteiger partial charge in [-0.05, 0) is 18.2 Å². The molecule has 2 heterocycles. The second kappa shape index (κ2) is 5.25. The van der Waals surface area contributed by atoms with Gasteiger partial charge in [-0.15, -0.1) is 11.6 Å². The molecule has 3 nitrogen and oxygen atoms in total. The van der Waals surface area contributed by atoms with Crippen molar-refractivity contribution in [1.29, 1.82) is 0 Å². The molecule has 0 unspecified atom stereocenters. The highest BCUT2D eigenvalue weighted by Gasteiger charge is 2.46. The molecule has 0 N–H and O–H groups in total. The summed E-state index contributed by atoms with van der Waals surface area (Å²) in [6, 6.07) is 7.38. The molecular formula is C14H12BrClF2N2O. The van der Waals surface area contributed by atoms with Crippen LogP contribution >= 0.6 is 27.5 Å². The first-order chi connectivity index (χ1) is 9.91. The molecule has 1 aromatic carbocycles. The third kappa shape index (κ3) is 2.66. The van der Waals surface area contributed by atoms with E-state index in [0.717, 1.165) is 20.3 Å². The molecule has 1 aromatic heterocycles. The number of hydrogen-bond donors (Lipinski definition) is 0. The van der Waals surface area contributed by atoms with E-state index in [4.69, 9.17) is 11.6 Å². The lowest BCUT2D eigenvalue weighted by molar-refractivity contribution is -0.113. The van der Waals surface area contributed by atoms with E-state index in [1.807, 2.05) is 18.2 Å². The highest BCUT2D eigenvalue weighted by atomic mass is 79.9. The van der Waals surface area contributed by atoms with Gasteiger partial charge in [0, 0.05) is 27.8 Å². The fourth-order valence-corrected chi connectivity index (χ4v) is 3.07. The van der Waals surface area contributed by atoms with Gasteiger partial charge in [0.1, 0.15) is 5.69 Å². The molecule has 1 saturated heterocycles. The number of carbonyl (C=O) groups excluding carboxylic acids is 1. The molecule has 7 heteroatoms. The number of aromatic nitrogens is 1. The summed E-state index contributed by atoms with van der Waals surface area (Å²) in [5.74, 6) is -2.80. The predicted octanol–water partition coefficient (Wildman–Crippen LogP) is 3.73. The fourth-order valence-electron chi connectivity index (χ4n) is 2.55. The minimum Gasteiger partial charge on any atom is -0.335 e. The van der Waals surface area contributed by atoms with Crippen molar-refractivity contribution in [3.05, 3.63) is 34.4 Å². The second-order valence-corrected chi connectivity index (χ2v) is 6.38. The first-order valence-corrected chi connectivity index (χ1v) is 7.76. The van der Waals surface area contributed by atoms with E-state index in [1.54, 1.807) is 10.6 Å². The summed E-state index contributed by atoms with van der Waals surface area (Å²) in [6.45, 7) is -0.581. The summed E-state index contributed by atoms with van der Waals surface area (Å²) in [4.78, 5) is 13.5. The average molecular weight is 378 g/mol. The van der Waals surface area contributed by atoms with E-state index in [0.29, 0.717) is 18.1 Å². The van der Waals surface area contributed by atoms with Crippen molar-refractivity contribution < 1.29 is 13.6 Å². The number of halogens is 4. The Morgan fingerprint density at radius 3 is 2.67 bits per heavy atom. The molecule has 0 atom stereocenters. The smallest absolute Gasteiger partial charge is 0.282 e. The van der Waals surface area contributed by atoms with Crippen LogP contribution in [0.1, 0.15) is 10.5 Å². The SMILES string of the molecule is O=C(c1cc2ccc(Br)cc2n1CCCl)N1CC(F)(F)C1. The zero-order chi connectivity index (χ0) is 15.2. The number of alkyl halides is 3. The maximum Gasteiger partial charge on any atom is 0.282 e. The van der Waals surface area contributed by atoms with Crippen LogP contribution in [0, 0.1) is 0 Å². The van der Waals surface area contributed by atoms with Crippen molar-refractivity contribution in [1.82, 2.24) is 9.47 Å². The van der Waals surface area contributed by atoms with Gasteiger partial charge in [0.25, 0.3) is 11.8 Å². The molecule has 0 radical (unpaired) electrons. The van der Waals surface area contributed by atoms with Gasteiger partial charge < -0.3 is 9.47 Å². The van der Waals surface area contributed by atoms with Gasteiger partial charge in [-0.1, -0.05) is 22.0 Å². The summed E-state index contributed by atoms with van der Waals surface area (Å²) in [5.41, 5.74) is 1.26. The van der Waals surface area contributed by atoms with E-state index >= 15 is 0 Å². The summed E-state index contributed by atoms with van der Waals surface area (Å²) in [5, 5.41) is 0.888. The number of benzene rings is 1. The van der Waals surface area contributed by atoms with Crippen molar-refractivity contribution >= 4 is 44.3 Å². The number of fused-ring (bicyclic) bond motifs is 1. The van der Waals surface area contributed by atoms with E-state index in [-0.39, 0.29) is 5.91 Å². The maximum atomic E-state index is 12.9. The zero-order valence-electron chi connectivity index (χ0n) is 11.0. The van der Waals surface area contributed by atoms with E-state index in [9.17, 15) is 13.6 Å². The Kier molecular flexibility index (Phi) is 3.69. The molecule has 1 fully saturated rings. The largest absolute Gasteiger partial charge is 0.335 e. The average Bonchev–Trinajstić information content (AvgIpc) is 2.74. The van der Waals surface area contributed by atoms with Crippen molar-refractivity contribution in [2.75, 3.05) is 19.0 Å². The van der Waals surface area contributed by atoms with Crippen LogP contribution in [-0.2, 0) is 6.54 Å². The third-order valence-corrected chi connectivity index (χ3v) is 4.19. The number of carbonyl (C=O) groups is 1. The van der Waals surface area contributed by atoms with Gasteiger partial charge in [-0.3, -0.25) is 4.79 Å². The van der Waals surface area contributed by atoms with E-state index in [1.165, 1.54) is 0 Å². The monoisotopic (exact) mass is 376 g/mol. The van der Waals surface area contributed by atoms with Crippen LogP contribution in [-0.4, -0.2) is 40.3 Å². The molecule has 0 spiro atoms. The standard InChI is InChI=1S/C14H12BrClF2N2O/c15-10-2-1-9-5-12(20(4-3-16)11(9)6-10)13(21)19-7-14(17,18)8-19/h1-2,5-6H,3-4,7-8H2. The lowest BCUT2D eigenvalue weighted by atomic mass is 10.1. The molecule has 1 amide bonds. The topological polar surface area (TPSA) is 25.2 Å². The summed E-state index contributed by atoms with van der Waals surface area (Å²) >= 11 is 9.20. The van der Waals surface area contributed by atoms with Crippen LogP contribution in [0.25, 0.3) is 10.9 Å². The van der Waals surface area contributed by atoms with Crippen LogP contribution in [0.4, 0.5) is 8.78 Å². The molecule has 0 aliphatic carbocycles. The maximum absolute atomic E-state index is 12.9. The zero-order valence-corrected chi connectivity index (χ0v) is 13.3. The lowest BCUT2D eigenvalue weighted by Gasteiger charge is -2.38. The van der Waals surface area contributed by atoms with Gasteiger partial charge in [-0.2, -0.15) is 0 Å². The van der Waals surface area contributed by atoms with Crippen LogP contribution < -0.4 is 0 Å². The minimum absolute atomic E-state index is 0.340. The Morgan fingerprint density at radius 1 is 1.33 bits per heavy atom. The fraction of sp³-hybridized carbons (Fsp3) is 0.357. The van der Waals surface area contributed by atoms with Gasteiger partial charge in [0.15, 0.2) is 0 Å². The van der Waals surface area contributed by atoms with Crippen LogP contribution in [0.15, 0.2) is 28.7 Å². The van der Waals surface area contributed by atoms with Crippen molar-refractivity contribution in [2.45, 2.75) is 12.5 Å². The molecule has 1 aliphatic heterocycles. The number of amides is 1. The van der Waals surface area contributed by atoms with Crippen LogP contribution in [0.3, 0.4) is 0 Å². The molecule has 21 heavy (non-hydrogen) atoms. The number of nitrogens with zero attached hydrogens (tertiary/aromatic N) is 2. The van der Waals surface area contributed by atoms with Crippen molar-refractivity contribution in [3.63, 3.8) is 0 Å². The van der Waals surface area contributed by atoms with E-state index < -0.39 is 19.0 Å². The van der Waals surface area contributed by atoms with Crippen LogP contribution in [0.2, 0.25) is 0 Å². The van der Waals surface area contributed by atoms with E-state index in [2.05, 4.69) is 15.9 Å². The summed E-state index contributed by atoms with van der Waals surface area (Å²) in [7, 11) is 0. The third-order valence-electron chi connectivity index (χ3n) is 3.53. The predicted molar refractivity (Wildman–Crippen MR) is 81.2 cm³/mol. The van der Waals surface area contributed by atoms with Crippen molar-refractivity contribution in [2.24, 2.45) is 0 Å². The molecule has 3 rings (SSSR count). The Balaban J connectivity index is 2.01. The second-order valence-electron chi connectivity index (χ2n) is 5.09. The number of aryl methyl sites for hydroxylation is 1. The Hall–Kier alpha value is -1.14. The molecular weight excluding hydrogens is 366 g/mol. The quantitative estimate of drug-likeness (QED) is 0.748. The van der Waals surface area contributed by atoms with Gasteiger partial charge in [0.2, 0.25) is 0 Å². The molecule has 112 valence electrons. The number of hydrogen-bond acceptors (Lipinski definition) is 1. The number of likely N-dealkylation sites (tertiary alicyclic amines) is 1. The Labute approximate surface area is 133 Å². The van der Waals surface area contributed by atoms with Gasteiger partial charge in [0.05, 0.1) is 13.1 Å². The highest BCUT2D eigenvalue weighted by Crippen LogP contribution is 2.30. The molecule has 0 saturated carbocycles. The molecule has 1 aliphatic rings. The lowest BCUT2D eigenvalue weighted by Crippen LogP contribution is -2.58. The Bertz CT molecular complexity index is 708. The summed E-state index contributed by atoms with van der Waals surface area (Å²) < 4.78 is 28.6. The molecule has 0 bridgehead atoms.